The first-order valence-corrected chi connectivity index (χ1v) is 9.45. The smallest absolute Gasteiger partial charge is 0.261 e. The number of carbonyl (C=O) groups is 1. The Labute approximate surface area is 157 Å². The Hall–Kier alpha value is -2.79. The molecule has 1 aliphatic heterocycles. The molecule has 132 valence electrons. The van der Waals surface area contributed by atoms with E-state index in [-0.39, 0.29) is 5.91 Å². The largest absolute Gasteiger partial charge is 0.490 e. The third-order valence-electron chi connectivity index (χ3n) is 4.35. The topological polar surface area (TPSA) is 41.6 Å². The summed E-state index contributed by atoms with van der Waals surface area (Å²) in [6.45, 7) is 4.01. The summed E-state index contributed by atoms with van der Waals surface area (Å²) in [7, 11) is 0. The van der Waals surface area contributed by atoms with Crippen LogP contribution in [0.25, 0.3) is 0 Å². The maximum absolute atomic E-state index is 12.5. The maximum atomic E-state index is 12.5. The van der Waals surface area contributed by atoms with E-state index in [9.17, 15) is 4.79 Å². The van der Waals surface area contributed by atoms with Gasteiger partial charge in [-0.1, -0.05) is 42.0 Å². The van der Waals surface area contributed by atoms with Gasteiger partial charge < -0.3 is 15.0 Å². The molecular formula is C21H20N2O2S. The number of nitrogens with zero attached hydrogens (tertiary/aromatic N) is 1. The van der Waals surface area contributed by atoms with Crippen LogP contribution in [0.4, 0.5) is 10.7 Å². The van der Waals surface area contributed by atoms with Gasteiger partial charge in [-0.15, -0.1) is 11.3 Å². The van der Waals surface area contributed by atoms with E-state index >= 15 is 0 Å². The van der Waals surface area contributed by atoms with E-state index < -0.39 is 0 Å². The molecule has 0 atom stereocenters. The van der Waals surface area contributed by atoms with Crippen molar-refractivity contribution in [2.75, 3.05) is 18.1 Å². The van der Waals surface area contributed by atoms with Crippen LogP contribution in [0.3, 0.4) is 0 Å². The lowest BCUT2D eigenvalue weighted by Gasteiger charge is -2.29. The van der Waals surface area contributed by atoms with Gasteiger partial charge >= 0.3 is 0 Å². The van der Waals surface area contributed by atoms with E-state index in [1.165, 1.54) is 16.9 Å². The van der Waals surface area contributed by atoms with Crippen LogP contribution < -0.4 is 15.0 Å². The van der Waals surface area contributed by atoms with Crippen molar-refractivity contribution in [1.82, 2.24) is 5.32 Å². The van der Waals surface area contributed by atoms with Crippen LogP contribution in [-0.2, 0) is 6.54 Å². The standard InChI is InChI=1S/C21H20N2O2S/c1-15-5-4-6-16(13-15)14-22-21(24)19-9-10-20(26-19)23-11-12-25-18-8-3-2-7-17(18)23/h2-10,13H,11-12,14H2,1H3,(H,22,24). The first-order chi connectivity index (χ1) is 12.7. The van der Waals surface area contributed by atoms with Gasteiger partial charge in [0.05, 0.1) is 22.1 Å². The molecule has 0 aliphatic carbocycles. The number of hydrogen-bond donors (Lipinski definition) is 1. The van der Waals surface area contributed by atoms with Gasteiger partial charge in [0.2, 0.25) is 0 Å². The molecule has 0 bridgehead atoms. The predicted octanol–water partition coefficient (Wildman–Crippen LogP) is 4.52. The van der Waals surface area contributed by atoms with Crippen LogP contribution in [-0.4, -0.2) is 19.1 Å². The van der Waals surface area contributed by atoms with E-state index in [1.54, 1.807) is 0 Å². The average molecular weight is 364 g/mol. The Balaban J connectivity index is 1.47. The van der Waals surface area contributed by atoms with Gasteiger partial charge in [-0.05, 0) is 36.8 Å². The molecule has 4 nitrogen and oxygen atoms in total. The van der Waals surface area contributed by atoms with Gasteiger partial charge in [0.1, 0.15) is 12.4 Å². The highest BCUT2D eigenvalue weighted by atomic mass is 32.1. The number of fused-ring (bicyclic) bond motifs is 1. The van der Waals surface area contributed by atoms with Crippen molar-refractivity contribution in [2.45, 2.75) is 13.5 Å². The van der Waals surface area contributed by atoms with Crippen LogP contribution in [0.15, 0.2) is 60.7 Å². The summed E-state index contributed by atoms with van der Waals surface area (Å²) in [5.41, 5.74) is 3.35. The lowest BCUT2D eigenvalue weighted by molar-refractivity contribution is 0.0955. The highest BCUT2D eigenvalue weighted by Gasteiger charge is 2.21. The van der Waals surface area contributed by atoms with Crippen molar-refractivity contribution in [3.8, 4) is 5.75 Å². The molecule has 5 heteroatoms. The molecule has 2 heterocycles. The normalized spacial score (nSPS) is 13.0. The van der Waals surface area contributed by atoms with Gasteiger partial charge in [0.25, 0.3) is 5.91 Å². The van der Waals surface area contributed by atoms with E-state index in [4.69, 9.17) is 4.74 Å². The molecule has 0 unspecified atom stereocenters. The molecule has 1 amide bonds. The van der Waals surface area contributed by atoms with Crippen LogP contribution in [0.1, 0.15) is 20.8 Å². The van der Waals surface area contributed by atoms with E-state index in [0.29, 0.717) is 13.2 Å². The average Bonchev–Trinajstić information content (AvgIpc) is 3.16. The fourth-order valence-electron chi connectivity index (χ4n) is 3.08. The molecule has 0 spiro atoms. The number of carbonyl (C=O) groups excluding carboxylic acids is 1. The Morgan fingerprint density at radius 3 is 2.92 bits per heavy atom. The van der Waals surface area contributed by atoms with Crippen molar-refractivity contribution in [1.29, 1.82) is 0 Å². The lowest BCUT2D eigenvalue weighted by Crippen LogP contribution is -2.27. The van der Waals surface area contributed by atoms with Crippen molar-refractivity contribution in [2.24, 2.45) is 0 Å². The molecule has 1 aliphatic rings. The third-order valence-corrected chi connectivity index (χ3v) is 5.45. The predicted molar refractivity (Wildman–Crippen MR) is 106 cm³/mol. The van der Waals surface area contributed by atoms with E-state index in [0.717, 1.165) is 33.4 Å². The number of para-hydroxylation sites is 2. The van der Waals surface area contributed by atoms with E-state index in [1.807, 2.05) is 48.5 Å². The molecule has 26 heavy (non-hydrogen) atoms. The quantitative estimate of drug-likeness (QED) is 0.740. The first-order valence-electron chi connectivity index (χ1n) is 8.64. The number of nitrogens with one attached hydrogen (secondary N) is 1. The SMILES string of the molecule is Cc1cccc(CNC(=O)c2ccc(N3CCOc4ccccc43)s2)c1. The maximum Gasteiger partial charge on any atom is 0.261 e. The molecule has 4 rings (SSSR count). The van der Waals surface area contributed by atoms with Crippen LogP contribution in [0.5, 0.6) is 5.75 Å². The van der Waals surface area contributed by atoms with Gasteiger partial charge in [0.15, 0.2) is 0 Å². The molecule has 0 fully saturated rings. The number of ether oxygens (including phenoxy) is 1. The van der Waals surface area contributed by atoms with Crippen molar-refractivity contribution in [3.63, 3.8) is 0 Å². The number of aryl methyl sites for hydroxylation is 1. The number of hydrogen-bond acceptors (Lipinski definition) is 4. The number of benzene rings is 2. The summed E-state index contributed by atoms with van der Waals surface area (Å²) in [6.07, 6.45) is 0. The van der Waals surface area contributed by atoms with Gasteiger partial charge in [-0.25, -0.2) is 0 Å². The molecule has 0 radical (unpaired) electrons. The van der Waals surface area contributed by atoms with E-state index in [2.05, 4.69) is 29.3 Å². The third kappa shape index (κ3) is 3.44. The molecule has 3 aromatic rings. The molecule has 1 aromatic heterocycles. The fourth-order valence-corrected chi connectivity index (χ4v) is 4.05. The summed E-state index contributed by atoms with van der Waals surface area (Å²) in [4.78, 5) is 15.4. The minimum Gasteiger partial charge on any atom is -0.490 e. The molecule has 2 aromatic carbocycles. The molecular weight excluding hydrogens is 344 g/mol. The van der Waals surface area contributed by atoms with Crippen LogP contribution >= 0.6 is 11.3 Å². The van der Waals surface area contributed by atoms with Gasteiger partial charge in [0, 0.05) is 6.54 Å². The second-order valence-corrected chi connectivity index (χ2v) is 7.34. The zero-order valence-electron chi connectivity index (χ0n) is 14.6. The summed E-state index contributed by atoms with van der Waals surface area (Å²) in [5.74, 6) is 0.849. The van der Waals surface area contributed by atoms with Gasteiger partial charge in [-0.2, -0.15) is 0 Å². The highest BCUT2D eigenvalue weighted by Crippen LogP contribution is 2.39. The Bertz CT molecular complexity index is 935. The minimum absolute atomic E-state index is 0.0377. The fraction of sp³-hybridized carbons (Fsp3) is 0.190. The Morgan fingerprint density at radius 2 is 2.04 bits per heavy atom. The van der Waals surface area contributed by atoms with Crippen LogP contribution in [0, 0.1) is 6.92 Å². The first kappa shape index (κ1) is 16.7. The summed E-state index contributed by atoms with van der Waals surface area (Å²) >= 11 is 1.51. The monoisotopic (exact) mass is 364 g/mol. The second-order valence-electron chi connectivity index (χ2n) is 6.28. The zero-order valence-corrected chi connectivity index (χ0v) is 15.4. The van der Waals surface area contributed by atoms with Crippen molar-refractivity contribution in [3.05, 3.63) is 76.7 Å². The zero-order chi connectivity index (χ0) is 17.9. The number of rotatable bonds is 4. The minimum atomic E-state index is -0.0377. The van der Waals surface area contributed by atoms with Gasteiger partial charge in [-0.3, -0.25) is 4.79 Å². The van der Waals surface area contributed by atoms with Crippen LogP contribution in [0.2, 0.25) is 0 Å². The summed E-state index contributed by atoms with van der Waals surface area (Å²) < 4.78 is 5.71. The second kappa shape index (κ2) is 7.22. The van der Waals surface area contributed by atoms with Crippen molar-refractivity contribution >= 4 is 27.9 Å². The molecule has 0 saturated carbocycles. The molecule has 1 N–H and O–H groups in total. The van der Waals surface area contributed by atoms with Crippen molar-refractivity contribution < 1.29 is 9.53 Å². The summed E-state index contributed by atoms with van der Waals surface area (Å²) in [6, 6.07) is 20.1. The number of anilines is 2. The molecule has 0 saturated heterocycles. The lowest BCUT2D eigenvalue weighted by atomic mass is 10.1. The Morgan fingerprint density at radius 1 is 1.15 bits per heavy atom. The summed E-state index contributed by atoms with van der Waals surface area (Å²) in [5, 5.41) is 4.06. The number of thiophene rings is 1. The highest BCUT2D eigenvalue weighted by molar-refractivity contribution is 7.18. The Kier molecular flexibility index (Phi) is 4.63. The number of amides is 1.